The zero-order valence-corrected chi connectivity index (χ0v) is 17.4. The summed E-state index contributed by atoms with van der Waals surface area (Å²) in [6, 6.07) is 10.3. The molecule has 1 heterocycles. The van der Waals surface area contributed by atoms with Crippen LogP contribution in [0.3, 0.4) is 0 Å². The van der Waals surface area contributed by atoms with E-state index >= 15 is 0 Å². The molecule has 1 aromatic carbocycles. The maximum absolute atomic E-state index is 10.2. The minimum absolute atomic E-state index is 0.233. The lowest BCUT2D eigenvalue weighted by Crippen LogP contribution is -2.36. The fraction of sp³-hybridized carbons (Fsp3) is 0.500. The van der Waals surface area contributed by atoms with Gasteiger partial charge in [-0.05, 0) is 69.3 Å². The number of benzene rings is 1. The number of nitrogens with one attached hydrogen (secondary N) is 1. The minimum atomic E-state index is -0.549. The molecule has 2 aromatic rings. The number of methoxy groups -OCH3 is 1. The number of likely N-dealkylation sites (N-methyl/N-ethyl adjacent to an activating group) is 1. The average Bonchev–Trinajstić information content (AvgIpc) is 2.70. The number of aliphatic hydroxyl groups is 1. The Labute approximate surface area is 168 Å². The van der Waals surface area contributed by atoms with Gasteiger partial charge in [0.05, 0.1) is 7.11 Å². The Kier molecular flexibility index (Phi) is 9.20. The summed E-state index contributed by atoms with van der Waals surface area (Å²) >= 11 is 0. The van der Waals surface area contributed by atoms with Gasteiger partial charge >= 0.3 is 0 Å². The van der Waals surface area contributed by atoms with E-state index in [-0.39, 0.29) is 6.61 Å². The summed E-state index contributed by atoms with van der Waals surface area (Å²) in [6.07, 6.45) is 4.04. The molecule has 0 amide bonds. The predicted molar refractivity (Wildman–Crippen MR) is 112 cm³/mol. The molecule has 1 unspecified atom stereocenters. The van der Waals surface area contributed by atoms with E-state index in [1.165, 1.54) is 5.56 Å². The Morgan fingerprint density at radius 2 is 1.86 bits per heavy atom. The van der Waals surface area contributed by atoms with E-state index < -0.39 is 6.10 Å². The molecule has 6 nitrogen and oxygen atoms in total. The van der Waals surface area contributed by atoms with Gasteiger partial charge in [0.25, 0.3) is 0 Å². The van der Waals surface area contributed by atoms with E-state index in [4.69, 9.17) is 9.47 Å². The quantitative estimate of drug-likeness (QED) is 0.546. The SMILES string of the molecule is COc1cc(CNCCc2ccncc2)ccc1OCC(O)CN(C)C(C)C. The molecular formula is C22H33N3O3. The molecule has 0 aliphatic heterocycles. The van der Waals surface area contributed by atoms with Crippen LogP contribution in [0.2, 0.25) is 0 Å². The fourth-order valence-corrected chi connectivity index (χ4v) is 2.74. The molecule has 0 spiro atoms. The molecule has 0 saturated heterocycles. The van der Waals surface area contributed by atoms with Gasteiger partial charge in [0.2, 0.25) is 0 Å². The largest absolute Gasteiger partial charge is 0.493 e. The van der Waals surface area contributed by atoms with E-state index in [0.717, 1.165) is 25.1 Å². The summed E-state index contributed by atoms with van der Waals surface area (Å²) in [5.41, 5.74) is 2.39. The van der Waals surface area contributed by atoms with Crippen molar-refractivity contribution in [1.82, 2.24) is 15.2 Å². The molecule has 28 heavy (non-hydrogen) atoms. The van der Waals surface area contributed by atoms with Crippen LogP contribution in [0.5, 0.6) is 11.5 Å². The first kappa shape index (κ1) is 22.1. The first-order valence-electron chi connectivity index (χ1n) is 9.77. The van der Waals surface area contributed by atoms with Crippen LogP contribution in [0.25, 0.3) is 0 Å². The van der Waals surface area contributed by atoms with Gasteiger partial charge in [-0.1, -0.05) is 6.07 Å². The minimum Gasteiger partial charge on any atom is -0.493 e. The van der Waals surface area contributed by atoms with Crippen molar-refractivity contribution >= 4 is 0 Å². The summed E-state index contributed by atoms with van der Waals surface area (Å²) in [7, 11) is 3.62. The van der Waals surface area contributed by atoms with Crippen molar-refractivity contribution in [2.45, 2.75) is 39.0 Å². The second-order valence-electron chi connectivity index (χ2n) is 7.27. The maximum Gasteiger partial charge on any atom is 0.161 e. The van der Waals surface area contributed by atoms with Crippen molar-refractivity contribution in [1.29, 1.82) is 0 Å². The molecule has 154 valence electrons. The van der Waals surface area contributed by atoms with Crippen molar-refractivity contribution in [2.75, 3.05) is 33.9 Å². The highest BCUT2D eigenvalue weighted by Crippen LogP contribution is 2.28. The molecular weight excluding hydrogens is 354 g/mol. The highest BCUT2D eigenvalue weighted by Gasteiger charge is 2.13. The lowest BCUT2D eigenvalue weighted by Gasteiger charge is -2.24. The van der Waals surface area contributed by atoms with Crippen molar-refractivity contribution in [3.05, 3.63) is 53.9 Å². The lowest BCUT2D eigenvalue weighted by atomic mass is 10.1. The number of aromatic nitrogens is 1. The van der Waals surface area contributed by atoms with Crippen molar-refractivity contribution in [3.8, 4) is 11.5 Å². The van der Waals surface area contributed by atoms with Gasteiger partial charge < -0.3 is 24.8 Å². The Morgan fingerprint density at radius 3 is 2.54 bits per heavy atom. The molecule has 0 saturated carbocycles. The molecule has 2 N–H and O–H groups in total. The van der Waals surface area contributed by atoms with E-state index in [1.807, 2.05) is 49.8 Å². The number of hydrogen-bond acceptors (Lipinski definition) is 6. The van der Waals surface area contributed by atoms with Crippen LogP contribution in [-0.2, 0) is 13.0 Å². The number of aliphatic hydroxyl groups excluding tert-OH is 1. The van der Waals surface area contributed by atoms with Gasteiger partial charge in [-0.15, -0.1) is 0 Å². The van der Waals surface area contributed by atoms with E-state index in [0.29, 0.717) is 24.1 Å². The van der Waals surface area contributed by atoms with Crippen LogP contribution in [0.1, 0.15) is 25.0 Å². The smallest absolute Gasteiger partial charge is 0.161 e. The third-order valence-corrected chi connectivity index (χ3v) is 4.71. The van der Waals surface area contributed by atoms with Crippen molar-refractivity contribution in [2.24, 2.45) is 0 Å². The van der Waals surface area contributed by atoms with Crippen LogP contribution in [0.4, 0.5) is 0 Å². The second-order valence-corrected chi connectivity index (χ2v) is 7.27. The zero-order chi connectivity index (χ0) is 20.4. The molecule has 2 rings (SSSR count). The molecule has 6 heteroatoms. The predicted octanol–water partition coefficient (Wildman–Crippen LogP) is 2.50. The van der Waals surface area contributed by atoms with E-state index in [9.17, 15) is 5.11 Å². The first-order valence-corrected chi connectivity index (χ1v) is 9.77. The highest BCUT2D eigenvalue weighted by molar-refractivity contribution is 5.43. The third kappa shape index (κ3) is 7.46. The Morgan fingerprint density at radius 1 is 1.11 bits per heavy atom. The summed E-state index contributed by atoms with van der Waals surface area (Å²) in [6.45, 7) is 6.64. The molecule has 0 bridgehead atoms. The number of hydrogen-bond donors (Lipinski definition) is 2. The molecule has 0 fully saturated rings. The van der Waals surface area contributed by atoms with Gasteiger partial charge in [-0.3, -0.25) is 4.98 Å². The number of pyridine rings is 1. The van der Waals surface area contributed by atoms with E-state index in [1.54, 1.807) is 7.11 Å². The van der Waals surface area contributed by atoms with Crippen molar-refractivity contribution in [3.63, 3.8) is 0 Å². The molecule has 0 radical (unpaired) electrons. The summed E-state index contributed by atoms with van der Waals surface area (Å²) < 4.78 is 11.2. The van der Waals surface area contributed by atoms with Gasteiger partial charge in [0.1, 0.15) is 12.7 Å². The molecule has 1 aromatic heterocycles. The third-order valence-electron chi connectivity index (χ3n) is 4.71. The standard InChI is InChI=1S/C22H33N3O3/c1-17(2)25(3)15-20(26)16-28-21-6-5-19(13-22(21)27-4)14-24-12-9-18-7-10-23-11-8-18/h5-8,10-11,13,17,20,24,26H,9,12,14-16H2,1-4H3. The van der Waals surface area contributed by atoms with Crippen LogP contribution >= 0.6 is 0 Å². The fourth-order valence-electron chi connectivity index (χ4n) is 2.74. The average molecular weight is 388 g/mol. The topological polar surface area (TPSA) is 66.8 Å². The number of nitrogens with zero attached hydrogens (tertiary/aromatic N) is 2. The lowest BCUT2D eigenvalue weighted by molar-refractivity contribution is 0.0668. The van der Waals surface area contributed by atoms with Crippen LogP contribution < -0.4 is 14.8 Å². The number of rotatable bonds is 12. The first-order chi connectivity index (χ1) is 13.5. The van der Waals surface area contributed by atoms with Gasteiger partial charge in [-0.25, -0.2) is 0 Å². The van der Waals surface area contributed by atoms with Gasteiger partial charge in [0.15, 0.2) is 11.5 Å². The summed E-state index contributed by atoms with van der Waals surface area (Å²) in [5.74, 6) is 1.33. The summed E-state index contributed by atoms with van der Waals surface area (Å²) in [4.78, 5) is 6.12. The molecule has 0 aliphatic rings. The summed E-state index contributed by atoms with van der Waals surface area (Å²) in [5, 5.41) is 13.6. The highest BCUT2D eigenvalue weighted by atomic mass is 16.5. The van der Waals surface area contributed by atoms with Crippen LogP contribution in [0.15, 0.2) is 42.7 Å². The molecule has 1 atom stereocenters. The Hall–Kier alpha value is -2.15. The van der Waals surface area contributed by atoms with Gasteiger partial charge in [0, 0.05) is 31.5 Å². The second kappa shape index (κ2) is 11.6. The maximum atomic E-state index is 10.2. The Balaban J connectivity index is 1.80. The van der Waals surface area contributed by atoms with Crippen LogP contribution in [-0.4, -0.2) is 61.0 Å². The monoisotopic (exact) mass is 387 g/mol. The Bertz CT molecular complexity index is 695. The van der Waals surface area contributed by atoms with E-state index in [2.05, 4.69) is 29.0 Å². The van der Waals surface area contributed by atoms with Crippen LogP contribution in [0, 0.1) is 0 Å². The molecule has 0 aliphatic carbocycles. The van der Waals surface area contributed by atoms with Crippen molar-refractivity contribution < 1.29 is 14.6 Å². The normalized spacial score (nSPS) is 12.4. The number of ether oxygens (including phenoxy) is 2. The van der Waals surface area contributed by atoms with Gasteiger partial charge in [-0.2, -0.15) is 0 Å². The zero-order valence-electron chi connectivity index (χ0n) is 17.4.